The first-order chi connectivity index (χ1) is 44.8. The number of anilines is 1. The van der Waals surface area contributed by atoms with E-state index in [0.717, 1.165) is 15.4 Å². The summed E-state index contributed by atoms with van der Waals surface area (Å²) in [6.07, 6.45) is 0.441. The average Bonchev–Trinajstić information content (AvgIpc) is 1.61. The molecule has 5 aromatic carbocycles. The Morgan fingerprint density at radius 1 is 0.351 bits per heavy atom. The molecule has 0 aliphatic carbocycles. The maximum absolute atomic E-state index is 13.7. The Morgan fingerprint density at radius 3 is 1.01 bits per heavy atom. The van der Waals surface area contributed by atoms with Crippen molar-refractivity contribution in [1.82, 2.24) is 43.6 Å². The maximum Gasteiger partial charge on any atom is 0.323 e. The number of carbonyl (C=O) groups is 10. The van der Waals surface area contributed by atoms with E-state index in [0.29, 0.717) is 95.9 Å². The van der Waals surface area contributed by atoms with Crippen molar-refractivity contribution in [3.8, 4) is 22.3 Å². The van der Waals surface area contributed by atoms with Crippen molar-refractivity contribution in [3.63, 3.8) is 0 Å². The highest BCUT2D eigenvalue weighted by molar-refractivity contribution is 6.11. The van der Waals surface area contributed by atoms with Crippen LogP contribution in [0.2, 0.25) is 0 Å². The molecule has 0 saturated heterocycles. The van der Waals surface area contributed by atoms with Crippen molar-refractivity contribution in [2.45, 2.75) is 45.7 Å². The molecule has 94 heavy (non-hydrogen) atoms. The lowest BCUT2D eigenvalue weighted by atomic mass is 10.0. The standard InChI is InChI=1S/C66H64N10O18/c67-44-13-9-39(10-14-44)17-18-70(25-45-19-42(21-47(68-45)27-71(31-59(79)80)32-60(81)82)40-11-15-55-51(23-40)49-5-1-3-7-53(49)75(55)29-57(77)73(35-63(87)88)36-64(89)90)26-46-20-43(22-48(69-46)28-72(33-61(83)84)34-62(85)86)41-12-16-56-52(24-41)50-6-2-4-8-54(50)76(56)30-58(78)74(37-65(91)92)38-66(93)94/h1-16,19-24H,17-18,25-38,67H2,(H,79,80)(H,81,82)(H,83,84)(H,85,86)(H,87,88)(H,89,90)(H,91,92)(H,93,94). The second kappa shape index (κ2) is 29.6. The molecule has 486 valence electrons. The zero-order valence-corrected chi connectivity index (χ0v) is 50.3. The summed E-state index contributed by atoms with van der Waals surface area (Å²) in [6.45, 7) is -6.86. The topological polar surface area (TPSA) is 410 Å². The molecule has 28 heteroatoms. The van der Waals surface area contributed by atoms with Gasteiger partial charge in [-0.3, -0.25) is 72.6 Å². The lowest BCUT2D eigenvalue weighted by Crippen LogP contribution is -2.41. The number of carboxylic acids is 8. The highest BCUT2D eigenvalue weighted by Crippen LogP contribution is 2.36. The number of nitrogens with two attached hydrogens (primary N) is 1. The number of carboxylic acid groups (broad SMARTS) is 8. The first kappa shape index (κ1) is 66.8. The largest absolute Gasteiger partial charge is 0.480 e. The monoisotopic (exact) mass is 1280 g/mol. The van der Waals surface area contributed by atoms with E-state index in [4.69, 9.17) is 15.7 Å². The minimum atomic E-state index is -1.40. The summed E-state index contributed by atoms with van der Waals surface area (Å²) >= 11 is 0. The predicted molar refractivity (Wildman–Crippen MR) is 339 cm³/mol. The van der Waals surface area contributed by atoms with Gasteiger partial charge in [-0.2, -0.15) is 0 Å². The summed E-state index contributed by atoms with van der Waals surface area (Å²) in [7, 11) is 0. The van der Waals surface area contributed by atoms with Crippen LogP contribution in [0.15, 0.2) is 133 Å². The molecule has 9 aromatic rings. The maximum atomic E-state index is 13.7. The molecule has 0 aliphatic heterocycles. The van der Waals surface area contributed by atoms with Crippen molar-refractivity contribution in [1.29, 1.82) is 0 Å². The summed E-state index contributed by atoms with van der Waals surface area (Å²) < 4.78 is 3.32. The van der Waals surface area contributed by atoms with E-state index in [-0.39, 0.29) is 37.6 Å². The van der Waals surface area contributed by atoms with Crippen LogP contribution in [0.4, 0.5) is 5.69 Å². The Morgan fingerprint density at radius 2 is 0.670 bits per heavy atom. The van der Waals surface area contributed by atoms with Crippen LogP contribution in [0.1, 0.15) is 28.3 Å². The van der Waals surface area contributed by atoms with E-state index in [1.165, 1.54) is 9.80 Å². The summed E-state index contributed by atoms with van der Waals surface area (Å²) in [5.41, 5.74) is 13.5. The first-order valence-electron chi connectivity index (χ1n) is 29.2. The molecule has 4 heterocycles. The number of pyridine rings is 2. The number of aliphatic carboxylic acids is 8. The minimum absolute atomic E-state index is 0.0620. The zero-order valence-electron chi connectivity index (χ0n) is 50.3. The van der Waals surface area contributed by atoms with Gasteiger partial charge in [-0.05, 0) is 107 Å². The molecule has 0 saturated carbocycles. The van der Waals surface area contributed by atoms with E-state index in [1.54, 1.807) is 94.1 Å². The van der Waals surface area contributed by atoms with Crippen molar-refractivity contribution in [2.75, 3.05) is 64.6 Å². The van der Waals surface area contributed by atoms with E-state index in [9.17, 15) is 88.8 Å². The molecule has 0 bridgehead atoms. The number of aromatic nitrogens is 4. The second-order valence-corrected chi connectivity index (χ2v) is 22.5. The van der Waals surface area contributed by atoms with Gasteiger partial charge in [-0.25, -0.2) is 0 Å². The van der Waals surface area contributed by atoms with Gasteiger partial charge in [0.05, 0.1) is 49.0 Å². The van der Waals surface area contributed by atoms with Gasteiger partial charge in [-0.1, -0.05) is 60.7 Å². The minimum Gasteiger partial charge on any atom is -0.480 e. The zero-order chi connectivity index (χ0) is 67.5. The molecule has 9 rings (SSSR count). The molecular weight excluding hydrogens is 1220 g/mol. The lowest BCUT2D eigenvalue weighted by molar-refractivity contribution is -0.150. The van der Waals surface area contributed by atoms with Gasteiger partial charge in [-0.15, -0.1) is 0 Å². The normalized spacial score (nSPS) is 11.5. The Bertz CT molecular complexity index is 4130. The van der Waals surface area contributed by atoms with E-state index in [2.05, 4.69) is 0 Å². The third-order valence-corrected chi connectivity index (χ3v) is 15.3. The van der Waals surface area contributed by atoms with E-state index < -0.39 is 125 Å². The van der Waals surface area contributed by atoms with Gasteiger partial charge in [0.15, 0.2) is 0 Å². The van der Waals surface area contributed by atoms with Gasteiger partial charge >= 0.3 is 47.8 Å². The van der Waals surface area contributed by atoms with Crippen molar-refractivity contribution in [3.05, 3.63) is 162 Å². The van der Waals surface area contributed by atoms with Crippen molar-refractivity contribution >= 4 is 109 Å². The number of hydrogen-bond donors (Lipinski definition) is 9. The Labute approximate surface area is 533 Å². The van der Waals surface area contributed by atoms with Crippen molar-refractivity contribution in [2.24, 2.45) is 0 Å². The number of para-hydroxylation sites is 2. The highest BCUT2D eigenvalue weighted by Gasteiger charge is 2.26. The smallest absolute Gasteiger partial charge is 0.323 e. The molecular formula is C66H64N10O18. The van der Waals surface area contributed by atoms with E-state index >= 15 is 0 Å². The van der Waals surface area contributed by atoms with Gasteiger partial charge < -0.3 is 65.5 Å². The number of carbonyl (C=O) groups excluding carboxylic acids is 2. The van der Waals surface area contributed by atoms with Gasteiger partial charge in [0.25, 0.3) is 0 Å². The molecule has 0 aliphatic rings. The number of nitrogen functional groups attached to an aromatic ring is 1. The second-order valence-electron chi connectivity index (χ2n) is 22.5. The lowest BCUT2D eigenvalue weighted by Gasteiger charge is -2.24. The van der Waals surface area contributed by atoms with Crippen molar-refractivity contribution < 1.29 is 88.8 Å². The molecule has 4 aromatic heterocycles. The number of rotatable bonds is 33. The fourth-order valence-electron chi connectivity index (χ4n) is 11.6. The molecule has 2 amide bonds. The Kier molecular flexibility index (Phi) is 21.0. The molecule has 0 fully saturated rings. The summed E-state index contributed by atoms with van der Waals surface area (Å²) in [4.78, 5) is 139. The predicted octanol–water partition coefficient (Wildman–Crippen LogP) is 4.79. The molecule has 0 atom stereocenters. The van der Waals surface area contributed by atoms with Crippen LogP contribution in [0.25, 0.3) is 65.9 Å². The Balaban J connectivity index is 1.16. The number of hydrogen-bond acceptors (Lipinski definition) is 16. The number of nitrogens with zero attached hydrogens (tertiary/aromatic N) is 9. The number of amides is 2. The van der Waals surface area contributed by atoms with Crippen LogP contribution in [-0.4, -0.2) is 203 Å². The van der Waals surface area contributed by atoms with Gasteiger partial charge in [0.2, 0.25) is 11.8 Å². The van der Waals surface area contributed by atoms with Gasteiger partial charge in [0, 0.05) is 82.0 Å². The molecule has 0 unspecified atom stereocenters. The quantitative estimate of drug-likeness (QED) is 0.0250. The Hall–Kier alpha value is -11.6. The third-order valence-electron chi connectivity index (χ3n) is 15.3. The first-order valence-corrected chi connectivity index (χ1v) is 29.2. The SMILES string of the molecule is Nc1ccc(CCN(Cc2cc(-c3ccc4c(c3)c3ccccc3n4CC(=O)N(CC(=O)O)CC(=O)O)cc(CN(CC(=O)O)CC(=O)O)n2)Cc2cc(-c3ccc4c(c3)c3ccccc3n4CC(=O)N(CC(=O)O)CC(=O)O)cc(CN(CC(=O)O)CC(=O)O)n2)cc1. The van der Waals surface area contributed by atoms with E-state index in [1.807, 2.05) is 53.4 Å². The molecule has 28 nitrogen and oxygen atoms in total. The fraction of sp³-hybridized carbons (Fsp3) is 0.242. The van der Waals surface area contributed by atoms with Crippen LogP contribution >= 0.6 is 0 Å². The van der Waals surface area contributed by atoms with Crippen LogP contribution in [0.5, 0.6) is 0 Å². The summed E-state index contributed by atoms with van der Waals surface area (Å²) in [6, 6.07) is 39.3. The molecule has 0 radical (unpaired) electrons. The van der Waals surface area contributed by atoms with Crippen LogP contribution in [-0.2, 0) is 93.6 Å². The van der Waals surface area contributed by atoms with Crippen LogP contribution in [0, 0.1) is 0 Å². The number of fused-ring (bicyclic) bond motifs is 6. The molecule has 0 spiro atoms. The highest BCUT2D eigenvalue weighted by atomic mass is 16.4. The van der Waals surface area contributed by atoms with Crippen LogP contribution in [0.3, 0.4) is 0 Å². The summed E-state index contributed by atoms with van der Waals surface area (Å²) in [5, 5.41) is 80.4. The van der Waals surface area contributed by atoms with Gasteiger partial charge in [0.1, 0.15) is 39.3 Å². The average molecular weight is 1290 g/mol. The third kappa shape index (κ3) is 17.2. The fourth-order valence-corrected chi connectivity index (χ4v) is 11.6. The number of benzene rings is 5. The molecule has 10 N–H and O–H groups in total. The van der Waals surface area contributed by atoms with Crippen LogP contribution < -0.4 is 5.73 Å². The summed E-state index contributed by atoms with van der Waals surface area (Å²) in [5.74, 6) is -12.3.